The molecule has 0 radical (unpaired) electrons. The highest BCUT2D eigenvalue weighted by molar-refractivity contribution is 5.60. The molecule has 4 heteroatoms. The van der Waals surface area contributed by atoms with Crippen LogP contribution in [0.1, 0.15) is 24.1 Å². The van der Waals surface area contributed by atoms with Gasteiger partial charge in [0.15, 0.2) is 0 Å². The van der Waals surface area contributed by atoms with Crippen LogP contribution in [-0.4, -0.2) is 19.3 Å². The molecule has 0 bridgehead atoms. The highest BCUT2D eigenvalue weighted by Crippen LogP contribution is 2.32. The fourth-order valence-corrected chi connectivity index (χ4v) is 2.20. The Hall–Kier alpha value is -2.20. The van der Waals surface area contributed by atoms with Crippen molar-refractivity contribution in [3.63, 3.8) is 0 Å². The summed E-state index contributed by atoms with van der Waals surface area (Å²) in [6.45, 7) is 2.11. The van der Waals surface area contributed by atoms with Crippen molar-refractivity contribution in [3.05, 3.63) is 53.6 Å². The Morgan fingerprint density at radius 1 is 1.10 bits per heavy atom. The molecule has 0 amide bonds. The van der Waals surface area contributed by atoms with E-state index in [1.807, 2.05) is 42.5 Å². The van der Waals surface area contributed by atoms with Crippen molar-refractivity contribution in [2.24, 2.45) is 0 Å². The van der Waals surface area contributed by atoms with Crippen molar-refractivity contribution in [1.29, 1.82) is 0 Å². The Morgan fingerprint density at radius 3 is 2.57 bits per heavy atom. The molecule has 0 aliphatic carbocycles. The predicted molar refractivity (Wildman–Crippen MR) is 83.9 cm³/mol. The largest absolute Gasteiger partial charge is 0.497 e. The van der Waals surface area contributed by atoms with Gasteiger partial charge in [0.2, 0.25) is 0 Å². The number of anilines is 1. The highest BCUT2D eigenvalue weighted by Gasteiger charge is 2.10. The molecule has 0 aliphatic heterocycles. The Labute approximate surface area is 125 Å². The average Bonchev–Trinajstić information content (AvgIpc) is 2.54. The molecule has 0 spiro atoms. The van der Waals surface area contributed by atoms with Gasteiger partial charge in [0.25, 0.3) is 0 Å². The number of benzene rings is 2. The average molecular weight is 287 g/mol. The molecule has 4 nitrogen and oxygen atoms in total. The highest BCUT2D eigenvalue weighted by atomic mass is 16.5. The summed E-state index contributed by atoms with van der Waals surface area (Å²) in [5.41, 5.74) is 2.88. The monoisotopic (exact) mass is 287 g/mol. The van der Waals surface area contributed by atoms with E-state index in [0.29, 0.717) is 0 Å². The minimum atomic E-state index is 0.0447. The van der Waals surface area contributed by atoms with E-state index >= 15 is 0 Å². The van der Waals surface area contributed by atoms with E-state index in [2.05, 4.69) is 12.2 Å². The molecular formula is C17H21NO3. The fraction of sp³-hybridized carbons (Fsp3) is 0.294. The maximum absolute atomic E-state index is 9.23. The number of rotatable bonds is 6. The lowest BCUT2D eigenvalue weighted by Crippen LogP contribution is -2.08. The van der Waals surface area contributed by atoms with E-state index in [9.17, 15) is 5.11 Å². The minimum absolute atomic E-state index is 0.0447. The van der Waals surface area contributed by atoms with Gasteiger partial charge in [0, 0.05) is 12.1 Å². The Bertz CT molecular complexity index is 598. The van der Waals surface area contributed by atoms with Crippen molar-refractivity contribution in [2.45, 2.75) is 19.6 Å². The molecular weight excluding hydrogens is 266 g/mol. The van der Waals surface area contributed by atoms with Gasteiger partial charge in [-0.05, 0) is 30.2 Å². The molecule has 1 atom stereocenters. The van der Waals surface area contributed by atoms with Gasteiger partial charge in [0.1, 0.15) is 11.5 Å². The first kappa shape index (κ1) is 15.2. The van der Waals surface area contributed by atoms with Crippen LogP contribution in [0, 0.1) is 0 Å². The molecule has 2 N–H and O–H groups in total. The van der Waals surface area contributed by atoms with Crippen LogP contribution in [0.4, 0.5) is 5.69 Å². The molecule has 0 aromatic heterocycles. The minimum Gasteiger partial charge on any atom is -0.497 e. The lowest BCUT2D eigenvalue weighted by molar-refractivity contribution is 0.281. The number of ether oxygens (including phenoxy) is 2. The quantitative estimate of drug-likeness (QED) is 0.855. The number of aliphatic hydroxyl groups excluding tert-OH is 1. The van der Waals surface area contributed by atoms with Crippen LogP contribution < -0.4 is 14.8 Å². The van der Waals surface area contributed by atoms with Crippen molar-refractivity contribution in [1.82, 2.24) is 0 Å². The van der Waals surface area contributed by atoms with E-state index in [4.69, 9.17) is 9.47 Å². The standard InChI is InChI=1S/C17H21NO3/c1-12(14-6-4-5-13(9-14)11-19)18-16-10-15(20-2)7-8-17(16)21-3/h4-10,12,18-19H,11H2,1-3H3. The SMILES string of the molecule is COc1ccc(OC)c(NC(C)c2cccc(CO)c2)c1. The van der Waals surface area contributed by atoms with Crippen LogP contribution in [0.15, 0.2) is 42.5 Å². The van der Waals surface area contributed by atoms with E-state index in [-0.39, 0.29) is 12.6 Å². The normalized spacial score (nSPS) is 11.8. The third-order valence-electron chi connectivity index (χ3n) is 3.41. The molecule has 2 aromatic rings. The number of nitrogens with one attached hydrogen (secondary N) is 1. The van der Waals surface area contributed by atoms with E-state index in [0.717, 1.165) is 28.3 Å². The van der Waals surface area contributed by atoms with Crippen LogP contribution in [0.3, 0.4) is 0 Å². The van der Waals surface area contributed by atoms with Crippen LogP contribution in [0.25, 0.3) is 0 Å². The molecule has 1 unspecified atom stereocenters. The lowest BCUT2D eigenvalue weighted by Gasteiger charge is -2.19. The molecule has 0 saturated heterocycles. The Kier molecular flexibility index (Phi) is 5.06. The summed E-state index contributed by atoms with van der Waals surface area (Å²) in [4.78, 5) is 0. The van der Waals surface area contributed by atoms with Crippen LogP contribution in [0.2, 0.25) is 0 Å². The van der Waals surface area contributed by atoms with Crippen molar-refractivity contribution >= 4 is 5.69 Å². The van der Waals surface area contributed by atoms with Gasteiger partial charge in [-0.25, -0.2) is 0 Å². The van der Waals surface area contributed by atoms with Gasteiger partial charge in [0.05, 0.1) is 26.5 Å². The molecule has 21 heavy (non-hydrogen) atoms. The second-order valence-corrected chi connectivity index (χ2v) is 4.84. The van der Waals surface area contributed by atoms with Gasteiger partial charge >= 0.3 is 0 Å². The van der Waals surface area contributed by atoms with Gasteiger partial charge in [-0.15, -0.1) is 0 Å². The van der Waals surface area contributed by atoms with Gasteiger partial charge in [-0.2, -0.15) is 0 Å². The molecule has 2 aromatic carbocycles. The number of aliphatic hydroxyl groups is 1. The first-order chi connectivity index (χ1) is 10.2. The smallest absolute Gasteiger partial charge is 0.142 e. The molecule has 112 valence electrons. The van der Waals surface area contributed by atoms with Crippen LogP contribution in [0.5, 0.6) is 11.5 Å². The van der Waals surface area contributed by atoms with Crippen LogP contribution >= 0.6 is 0 Å². The summed E-state index contributed by atoms with van der Waals surface area (Å²) in [6, 6.07) is 13.6. The number of hydrogen-bond acceptors (Lipinski definition) is 4. The summed E-state index contributed by atoms with van der Waals surface area (Å²) in [5.74, 6) is 1.54. The van der Waals surface area contributed by atoms with E-state index in [1.165, 1.54) is 0 Å². The van der Waals surface area contributed by atoms with Gasteiger partial charge < -0.3 is 19.9 Å². The molecule has 2 rings (SSSR count). The zero-order valence-corrected chi connectivity index (χ0v) is 12.6. The first-order valence-corrected chi connectivity index (χ1v) is 6.86. The maximum atomic E-state index is 9.23. The van der Waals surface area contributed by atoms with Crippen molar-refractivity contribution in [2.75, 3.05) is 19.5 Å². The van der Waals surface area contributed by atoms with Crippen molar-refractivity contribution in [3.8, 4) is 11.5 Å². The van der Waals surface area contributed by atoms with Crippen molar-refractivity contribution < 1.29 is 14.6 Å². The zero-order valence-electron chi connectivity index (χ0n) is 12.6. The van der Waals surface area contributed by atoms with E-state index < -0.39 is 0 Å². The first-order valence-electron chi connectivity index (χ1n) is 6.86. The third-order valence-corrected chi connectivity index (χ3v) is 3.41. The van der Waals surface area contributed by atoms with Gasteiger partial charge in [-0.1, -0.05) is 24.3 Å². The number of hydrogen-bond donors (Lipinski definition) is 2. The molecule has 0 heterocycles. The maximum Gasteiger partial charge on any atom is 0.142 e. The second-order valence-electron chi connectivity index (χ2n) is 4.84. The Morgan fingerprint density at radius 2 is 1.90 bits per heavy atom. The Balaban J connectivity index is 2.23. The van der Waals surface area contributed by atoms with E-state index in [1.54, 1.807) is 14.2 Å². The molecule has 0 aliphatic rings. The van der Waals surface area contributed by atoms with Gasteiger partial charge in [-0.3, -0.25) is 0 Å². The summed E-state index contributed by atoms with van der Waals surface area (Å²) in [6.07, 6.45) is 0. The number of methoxy groups -OCH3 is 2. The molecule has 0 fully saturated rings. The third kappa shape index (κ3) is 3.67. The summed E-state index contributed by atoms with van der Waals surface area (Å²) >= 11 is 0. The van der Waals surface area contributed by atoms with Crippen LogP contribution in [-0.2, 0) is 6.61 Å². The zero-order chi connectivity index (χ0) is 15.2. The summed E-state index contributed by atoms with van der Waals surface area (Å²) in [7, 11) is 3.28. The molecule has 0 saturated carbocycles. The summed E-state index contributed by atoms with van der Waals surface area (Å²) in [5, 5.41) is 12.6. The topological polar surface area (TPSA) is 50.7 Å². The predicted octanol–water partition coefficient (Wildman–Crippen LogP) is 3.37. The fourth-order valence-electron chi connectivity index (χ4n) is 2.20. The summed E-state index contributed by atoms with van der Waals surface area (Å²) < 4.78 is 10.6. The second kappa shape index (κ2) is 6.99. The lowest BCUT2D eigenvalue weighted by atomic mass is 10.0.